The highest BCUT2D eigenvalue weighted by Crippen LogP contribution is 2.18. The number of benzene rings is 1. The van der Waals surface area contributed by atoms with Gasteiger partial charge < -0.3 is 5.32 Å². The maximum absolute atomic E-state index is 13.2. The van der Waals surface area contributed by atoms with E-state index in [9.17, 15) is 4.39 Å². The van der Waals surface area contributed by atoms with E-state index in [0.717, 1.165) is 12.0 Å². The Labute approximate surface area is 72.6 Å². The fourth-order valence-corrected chi connectivity index (χ4v) is 1.34. The Morgan fingerprint density at radius 2 is 2.08 bits per heavy atom. The summed E-state index contributed by atoms with van der Waals surface area (Å²) in [6.45, 7) is 2.04. The summed E-state index contributed by atoms with van der Waals surface area (Å²) >= 11 is 0. The molecular formula is C10H14FN. The van der Waals surface area contributed by atoms with Crippen LogP contribution in [-0.4, -0.2) is 7.05 Å². The Balaban J connectivity index is 2.92. The zero-order chi connectivity index (χ0) is 8.97. The second kappa shape index (κ2) is 4.21. The summed E-state index contributed by atoms with van der Waals surface area (Å²) in [7, 11) is 1.85. The zero-order valence-electron chi connectivity index (χ0n) is 7.47. The van der Waals surface area contributed by atoms with Gasteiger partial charge in [-0.15, -0.1) is 0 Å². The van der Waals surface area contributed by atoms with Crippen molar-refractivity contribution in [2.75, 3.05) is 7.05 Å². The topological polar surface area (TPSA) is 12.0 Å². The average Bonchev–Trinajstić information content (AvgIpc) is 2.10. The van der Waals surface area contributed by atoms with Gasteiger partial charge in [-0.1, -0.05) is 25.1 Å². The van der Waals surface area contributed by atoms with Gasteiger partial charge in [-0.3, -0.25) is 0 Å². The van der Waals surface area contributed by atoms with E-state index in [4.69, 9.17) is 0 Å². The van der Waals surface area contributed by atoms with Gasteiger partial charge in [0, 0.05) is 11.6 Å². The van der Waals surface area contributed by atoms with E-state index < -0.39 is 0 Å². The van der Waals surface area contributed by atoms with Crippen LogP contribution in [0.3, 0.4) is 0 Å². The van der Waals surface area contributed by atoms with Crippen LogP contribution >= 0.6 is 0 Å². The first-order valence-corrected chi connectivity index (χ1v) is 4.21. The Hall–Kier alpha value is -0.890. The third-order valence-corrected chi connectivity index (χ3v) is 2.04. The van der Waals surface area contributed by atoms with Crippen LogP contribution in [0.25, 0.3) is 0 Å². The molecule has 0 aliphatic heterocycles. The van der Waals surface area contributed by atoms with Crippen molar-refractivity contribution >= 4 is 0 Å². The summed E-state index contributed by atoms with van der Waals surface area (Å²) in [6, 6.07) is 7.01. The number of hydrogen-bond donors (Lipinski definition) is 1. The Morgan fingerprint density at radius 3 is 2.58 bits per heavy atom. The predicted molar refractivity (Wildman–Crippen MR) is 48.5 cm³/mol. The highest BCUT2D eigenvalue weighted by atomic mass is 19.1. The van der Waals surface area contributed by atoms with E-state index in [2.05, 4.69) is 5.32 Å². The molecule has 0 saturated carbocycles. The molecule has 0 aliphatic carbocycles. The number of nitrogens with one attached hydrogen (secondary N) is 1. The van der Waals surface area contributed by atoms with Gasteiger partial charge in [-0.25, -0.2) is 4.39 Å². The summed E-state index contributed by atoms with van der Waals surface area (Å²) in [5.74, 6) is -0.126. The lowest BCUT2D eigenvalue weighted by Crippen LogP contribution is -2.16. The molecule has 0 radical (unpaired) electrons. The predicted octanol–water partition coefficient (Wildman–Crippen LogP) is 2.50. The summed E-state index contributed by atoms with van der Waals surface area (Å²) in [6.07, 6.45) is 0.900. The van der Waals surface area contributed by atoms with Gasteiger partial charge in [0.1, 0.15) is 5.82 Å². The first kappa shape index (κ1) is 9.20. The largest absolute Gasteiger partial charge is 0.313 e. The molecule has 0 heterocycles. The summed E-state index contributed by atoms with van der Waals surface area (Å²) in [5.41, 5.74) is 0.752. The van der Waals surface area contributed by atoms with E-state index in [1.165, 1.54) is 6.07 Å². The maximum atomic E-state index is 13.2. The standard InChI is InChI=1S/C10H14FN/c1-3-10(12-2)8-6-4-5-7-9(8)11/h4-7,10,12H,3H2,1-2H3/t10-/m0/s1. The van der Waals surface area contributed by atoms with Crippen molar-refractivity contribution in [2.24, 2.45) is 0 Å². The van der Waals surface area contributed by atoms with Crippen molar-refractivity contribution < 1.29 is 4.39 Å². The maximum Gasteiger partial charge on any atom is 0.127 e. The van der Waals surface area contributed by atoms with Gasteiger partial charge >= 0.3 is 0 Å². The molecule has 1 rings (SSSR count). The molecule has 12 heavy (non-hydrogen) atoms. The molecular weight excluding hydrogens is 153 g/mol. The molecule has 0 aromatic heterocycles. The Bertz CT molecular complexity index is 243. The second-order valence-electron chi connectivity index (χ2n) is 2.77. The lowest BCUT2D eigenvalue weighted by atomic mass is 10.0. The van der Waals surface area contributed by atoms with Crippen molar-refractivity contribution in [1.82, 2.24) is 5.32 Å². The average molecular weight is 167 g/mol. The van der Waals surface area contributed by atoms with Crippen molar-refractivity contribution in [2.45, 2.75) is 19.4 Å². The molecule has 66 valence electrons. The molecule has 2 heteroatoms. The Morgan fingerprint density at radius 1 is 1.42 bits per heavy atom. The summed E-state index contributed by atoms with van der Waals surface area (Å²) in [4.78, 5) is 0. The highest BCUT2D eigenvalue weighted by molar-refractivity contribution is 5.20. The minimum absolute atomic E-state index is 0.126. The first-order chi connectivity index (χ1) is 5.79. The van der Waals surface area contributed by atoms with Gasteiger partial charge in [0.25, 0.3) is 0 Å². The third kappa shape index (κ3) is 1.83. The highest BCUT2D eigenvalue weighted by Gasteiger charge is 2.09. The smallest absolute Gasteiger partial charge is 0.127 e. The molecule has 0 aliphatic rings. The van der Waals surface area contributed by atoms with E-state index in [1.807, 2.05) is 26.1 Å². The molecule has 0 bridgehead atoms. The van der Waals surface area contributed by atoms with Gasteiger partial charge in [-0.05, 0) is 19.5 Å². The van der Waals surface area contributed by atoms with Crippen LogP contribution in [0, 0.1) is 5.82 Å². The number of rotatable bonds is 3. The van der Waals surface area contributed by atoms with E-state index in [1.54, 1.807) is 6.07 Å². The number of hydrogen-bond acceptors (Lipinski definition) is 1. The summed E-state index contributed by atoms with van der Waals surface area (Å²) in [5, 5.41) is 3.07. The van der Waals surface area contributed by atoms with Crippen LogP contribution in [0.4, 0.5) is 4.39 Å². The minimum Gasteiger partial charge on any atom is -0.313 e. The molecule has 0 fully saturated rings. The van der Waals surface area contributed by atoms with Crippen molar-refractivity contribution in [3.63, 3.8) is 0 Å². The minimum atomic E-state index is -0.126. The van der Waals surface area contributed by atoms with Gasteiger partial charge in [-0.2, -0.15) is 0 Å². The van der Waals surface area contributed by atoms with E-state index in [0.29, 0.717) is 0 Å². The van der Waals surface area contributed by atoms with E-state index >= 15 is 0 Å². The lowest BCUT2D eigenvalue weighted by molar-refractivity contribution is 0.525. The van der Waals surface area contributed by atoms with Crippen molar-refractivity contribution in [3.8, 4) is 0 Å². The monoisotopic (exact) mass is 167 g/mol. The van der Waals surface area contributed by atoms with Gasteiger partial charge in [0.15, 0.2) is 0 Å². The molecule has 1 nitrogen and oxygen atoms in total. The molecule has 0 amide bonds. The zero-order valence-corrected chi connectivity index (χ0v) is 7.47. The molecule has 1 aromatic carbocycles. The molecule has 1 aromatic rings. The first-order valence-electron chi connectivity index (χ1n) is 4.21. The van der Waals surface area contributed by atoms with Crippen LogP contribution in [-0.2, 0) is 0 Å². The van der Waals surface area contributed by atoms with Crippen molar-refractivity contribution in [1.29, 1.82) is 0 Å². The van der Waals surface area contributed by atoms with Crippen LogP contribution in [0.1, 0.15) is 24.9 Å². The van der Waals surface area contributed by atoms with Crippen molar-refractivity contribution in [3.05, 3.63) is 35.6 Å². The van der Waals surface area contributed by atoms with Gasteiger partial charge in [0.2, 0.25) is 0 Å². The summed E-state index contributed by atoms with van der Waals surface area (Å²) < 4.78 is 13.2. The molecule has 1 N–H and O–H groups in total. The third-order valence-electron chi connectivity index (χ3n) is 2.04. The molecule has 0 spiro atoms. The second-order valence-corrected chi connectivity index (χ2v) is 2.77. The van der Waals surface area contributed by atoms with Crippen LogP contribution in [0.15, 0.2) is 24.3 Å². The molecule has 0 unspecified atom stereocenters. The van der Waals surface area contributed by atoms with Gasteiger partial charge in [0.05, 0.1) is 0 Å². The fourth-order valence-electron chi connectivity index (χ4n) is 1.34. The van der Waals surface area contributed by atoms with Crippen LogP contribution in [0.2, 0.25) is 0 Å². The number of halogens is 1. The normalized spacial score (nSPS) is 12.9. The van der Waals surface area contributed by atoms with Crippen LogP contribution < -0.4 is 5.32 Å². The SMILES string of the molecule is CC[C@H](NC)c1ccccc1F. The molecule has 0 saturated heterocycles. The van der Waals surface area contributed by atoms with Crippen LogP contribution in [0.5, 0.6) is 0 Å². The fraction of sp³-hybridized carbons (Fsp3) is 0.400. The molecule has 1 atom stereocenters. The quantitative estimate of drug-likeness (QED) is 0.729. The lowest BCUT2D eigenvalue weighted by Gasteiger charge is -2.14. The Kier molecular flexibility index (Phi) is 3.23. The van der Waals surface area contributed by atoms with E-state index in [-0.39, 0.29) is 11.9 Å².